The highest BCUT2D eigenvalue weighted by molar-refractivity contribution is 5.97. The Hall–Kier alpha value is -4.51. The number of fused-ring (bicyclic) bond motifs is 1. The fraction of sp³-hybridized carbons (Fsp3) is 0.0870. The Bertz CT molecular complexity index is 1280. The van der Waals surface area contributed by atoms with E-state index in [1.807, 2.05) is 30.1 Å². The first-order valence-electron chi connectivity index (χ1n) is 9.38. The summed E-state index contributed by atoms with van der Waals surface area (Å²) in [7, 11) is 3.23. The molecule has 8 heteroatoms. The first-order valence-corrected chi connectivity index (χ1v) is 9.38. The van der Waals surface area contributed by atoms with Crippen LogP contribution in [0, 0.1) is 11.3 Å². The van der Waals surface area contributed by atoms with Gasteiger partial charge in [0.25, 0.3) is 0 Å². The Balaban J connectivity index is 1.76. The van der Waals surface area contributed by atoms with Gasteiger partial charge in [0.2, 0.25) is 0 Å². The molecule has 4 rings (SSSR count). The molecule has 0 amide bonds. The maximum atomic E-state index is 11.7. The zero-order chi connectivity index (χ0) is 21.8. The van der Waals surface area contributed by atoms with Crippen molar-refractivity contribution in [3.05, 3.63) is 78.4 Å². The summed E-state index contributed by atoms with van der Waals surface area (Å²) >= 11 is 0. The molecular weight excluding hydrogens is 392 g/mol. The molecule has 0 aliphatic rings. The van der Waals surface area contributed by atoms with Crippen molar-refractivity contribution in [2.24, 2.45) is 0 Å². The zero-order valence-corrected chi connectivity index (χ0v) is 16.9. The second-order valence-corrected chi connectivity index (χ2v) is 6.68. The number of benzene rings is 1. The van der Waals surface area contributed by atoms with Crippen LogP contribution in [0.1, 0.15) is 15.9 Å². The van der Waals surface area contributed by atoms with Crippen molar-refractivity contribution in [2.45, 2.75) is 0 Å². The van der Waals surface area contributed by atoms with E-state index < -0.39 is 5.97 Å². The number of anilines is 4. The predicted molar refractivity (Wildman–Crippen MR) is 118 cm³/mol. The number of carbonyl (C=O) groups excluding carboxylic acids is 1. The summed E-state index contributed by atoms with van der Waals surface area (Å²) in [4.78, 5) is 26.6. The summed E-state index contributed by atoms with van der Waals surface area (Å²) in [5.41, 5.74) is 3.70. The Morgan fingerprint density at radius 2 is 1.94 bits per heavy atom. The lowest BCUT2D eigenvalue weighted by molar-refractivity contribution is 0.0601. The highest BCUT2D eigenvalue weighted by Crippen LogP contribution is 2.32. The van der Waals surface area contributed by atoms with Crippen molar-refractivity contribution in [1.82, 2.24) is 15.0 Å². The van der Waals surface area contributed by atoms with Gasteiger partial charge in [-0.2, -0.15) is 5.26 Å². The molecule has 1 N–H and O–H groups in total. The molecule has 0 bridgehead atoms. The summed E-state index contributed by atoms with van der Waals surface area (Å²) in [5.74, 6) is 0.272. The quantitative estimate of drug-likeness (QED) is 0.488. The minimum Gasteiger partial charge on any atom is -0.465 e. The van der Waals surface area contributed by atoms with Gasteiger partial charge in [-0.1, -0.05) is 0 Å². The first-order chi connectivity index (χ1) is 15.1. The Morgan fingerprint density at radius 1 is 1.13 bits per heavy atom. The number of hydrogen-bond acceptors (Lipinski definition) is 8. The molecule has 0 saturated heterocycles. The number of nitrogens with zero attached hydrogens (tertiary/aromatic N) is 5. The fourth-order valence-corrected chi connectivity index (χ4v) is 3.12. The van der Waals surface area contributed by atoms with E-state index in [-0.39, 0.29) is 0 Å². The van der Waals surface area contributed by atoms with Crippen molar-refractivity contribution >= 4 is 39.8 Å². The molecule has 1 aromatic carbocycles. The average molecular weight is 410 g/mol. The van der Waals surface area contributed by atoms with E-state index in [1.165, 1.54) is 13.3 Å². The number of nitrogens with one attached hydrogen (secondary N) is 1. The van der Waals surface area contributed by atoms with Crippen molar-refractivity contribution < 1.29 is 9.53 Å². The molecule has 0 aliphatic carbocycles. The lowest BCUT2D eigenvalue weighted by atomic mass is 10.1. The molecule has 4 aromatic rings. The summed E-state index contributed by atoms with van der Waals surface area (Å²) in [6.07, 6.45) is 6.64. The predicted octanol–water partition coefficient (Wildman–Crippen LogP) is 4.19. The molecule has 0 spiro atoms. The number of rotatable bonds is 5. The van der Waals surface area contributed by atoms with Gasteiger partial charge >= 0.3 is 5.97 Å². The molecule has 0 radical (unpaired) electrons. The van der Waals surface area contributed by atoms with Crippen LogP contribution in [0.2, 0.25) is 0 Å². The van der Waals surface area contributed by atoms with Crippen LogP contribution < -0.4 is 10.2 Å². The number of nitriles is 1. The summed E-state index contributed by atoms with van der Waals surface area (Å²) in [6, 6.07) is 14.7. The maximum Gasteiger partial charge on any atom is 0.337 e. The second kappa shape index (κ2) is 8.47. The van der Waals surface area contributed by atoms with Crippen molar-refractivity contribution in [1.29, 1.82) is 5.26 Å². The molecule has 0 atom stereocenters. The van der Waals surface area contributed by atoms with Crippen LogP contribution in [-0.2, 0) is 4.74 Å². The van der Waals surface area contributed by atoms with Crippen LogP contribution in [-0.4, -0.2) is 35.1 Å². The Morgan fingerprint density at radius 3 is 2.61 bits per heavy atom. The Kier molecular flexibility index (Phi) is 5.41. The van der Waals surface area contributed by atoms with Gasteiger partial charge in [0.15, 0.2) is 0 Å². The third-order valence-electron chi connectivity index (χ3n) is 4.81. The van der Waals surface area contributed by atoms with Crippen LogP contribution in [0.4, 0.5) is 22.9 Å². The van der Waals surface area contributed by atoms with Crippen LogP contribution >= 0.6 is 0 Å². The highest BCUT2D eigenvalue weighted by atomic mass is 16.5. The van der Waals surface area contributed by atoms with E-state index in [2.05, 4.69) is 26.3 Å². The number of esters is 1. The summed E-state index contributed by atoms with van der Waals surface area (Å²) in [5, 5.41) is 13.7. The smallest absolute Gasteiger partial charge is 0.337 e. The van der Waals surface area contributed by atoms with Gasteiger partial charge in [-0.3, -0.25) is 9.97 Å². The average Bonchev–Trinajstić information content (AvgIpc) is 2.84. The van der Waals surface area contributed by atoms with Crippen LogP contribution in [0.5, 0.6) is 0 Å². The third-order valence-corrected chi connectivity index (χ3v) is 4.81. The van der Waals surface area contributed by atoms with Gasteiger partial charge in [-0.05, 0) is 42.5 Å². The lowest BCUT2D eigenvalue weighted by Gasteiger charge is -2.19. The molecule has 0 saturated carbocycles. The number of methoxy groups -OCH3 is 1. The van der Waals surface area contributed by atoms with Crippen LogP contribution in [0.3, 0.4) is 0 Å². The molecule has 0 unspecified atom stereocenters. The van der Waals surface area contributed by atoms with Gasteiger partial charge in [-0.15, -0.1) is 0 Å². The SMILES string of the molecule is COC(=O)c1ccc(Nc2c(C#N)cnc3cnc(N(C)c4cccnc4)cc23)cc1. The summed E-state index contributed by atoms with van der Waals surface area (Å²) in [6.45, 7) is 0. The van der Waals surface area contributed by atoms with E-state index in [1.54, 1.807) is 42.9 Å². The zero-order valence-electron chi connectivity index (χ0n) is 16.9. The van der Waals surface area contributed by atoms with Crippen molar-refractivity contribution in [2.75, 3.05) is 24.4 Å². The van der Waals surface area contributed by atoms with Gasteiger partial charge < -0.3 is 15.0 Å². The third kappa shape index (κ3) is 3.97. The molecule has 3 heterocycles. The molecule has 3 aromatic heterocycles. The number of hydrogen-bond donors (Lipinski definition) is 1. The molecular formula is C23H18N6O2. The molecule has 0 aliphatic heterocycles. The highest BCUT2D eigenvalue weighted by Gasteiger charge is 2.14. The topological polar surface area (TPSA) is 104 Å². The maximum absolute atomic E-state index is 11.7. The summed E-state index contributed by atoms with van der Waals surface area (Å²) < 4.78 is 4.73. The van der Waals surface area contributed by atoms with E-state index in [4.69, 9.17) is 4.74 Å². The molecule has 8 nitrogen and oxygen atoms in total. The van der Waals surface area contributed by atoms with Gasteiger partial charge in [0.1, 0.15) is 11.9 Å². The lowest BCUT2D eigenvalue weighted by Crippen LogP contribution is -2.11. The van der Waals surface area contributed by atoms with E-state index in [0.717, 1.165) is 16.8 Å². The normalized spacial score (nSPS) is 10.4. The van der Waals surface area contributed by atoms with Gasteiger partial charge in [0, 0.05) is 30.5 Å². The fourth-order valence-electron chi connectivity index (χ4n) is 3.12. The molecule has 152 valence electrons. The number of ether oxygens (including phenoxy) is 1. The molecule has 31 heavy (non-hydrogen) atoms. The van der Waals surface area contributed by atoms with Crippen LogP contribution in [0.15, 0.2) is 67.3 Å². The largest absolute Gasteiger partial charge is 0.465 e. The van der Waals surface area contributed by atoms with Crippen molar-refractivity contribution in [3.8, 4) is 6.07 Å². The monoisotopic (exact) mass is 410 g/mol. The minimum atomic E-state index is -0.409. The number of carbonyl (C=O) groups is 1. The van der Waals surface area contributed by atoms with E-state index >= 15 is 0 Å². The van der Waals surface area contributed by atoms with Crippen molar-refractivity contribution in [3.63, 3.8) is 0 Å². The Labute approximate surface area is 178 Å². The van der Waals surface area contributed by atoms with E-state index in [9.17, 15) is 10.1 Å². The number of pyridine rings is 3. The minimum absolute atomic E-state index is 0.394. The standard InChI is InChI=1S/C23H18N6O2/c1-29(18-4-3-9-25-13-18)21-10-19-20(14-27-21)26-12-16(11-24)22(19)28-17-7-5-15(6-8-17)23(30)31-2/h3-10,12-14H,1-2H3,(H,26,28). The second-order valence-electron chi connectivity index (χ2n) is 6.68. The number of aromatic nitrogens is 3. The van der Waals surface area contributed by atoms with Gasteiger partial charge in [0.05, 0.1) is 47.5 Å². The molecule has 0 fully saturated rings. The first kappa shape index (κ1) is 19.8. The van der Waals surface area contributed by atoms with E-state index in [0.29, 0.717) is 28.1 Å². The van der Waals surface area contributed by atoms with Gasteiger partial charge in [-0.25, -0.2) is 9.78 Å². The van der Waals surface area contributed by atoms with Crippen LogP contribution in [0.25, 0.3) is 10.9 Å².